The van der Waals surface area contributed by atoms with Crippen LogP contribution in [0.2, 0.25) is 0 Å². The summed E-state index contributed by atoms with van der Waals surface area (Å²) in [4.78, 5) is 25.5. The molecule has 0 aliphatic carbocycles. The minimum Gasteiger partial charge on any atom is -0.462 e. The number of aliphatic hydroxyl groups is 4. The van der Waals surface area contributed by atoms with Gasteiger partial charge in [-0.3, -0.25) is 9.59 Å². The Labute approximate surface area is 386 Å². The fourth-order valence-electron chi connectivity index (χ4n) is 8.42. The lowest BCUT2D eigenvalue weighted by molar-refractivity contribution is -0.305. The van der Waals surface area contributed by atoms with Gasteiger partial charge >= 0.3 is 11.9 Å². The van der Waals surface area contributed by atoms with Gasteiger partial charge in [-0.15, -0.1) is 0 Å². The minimum atomic E-state index is -1.59. The van der Waals surface area contributed by atoms with Crippen molar-refractivity contribution in [2.45, 2.75) is 295 Å². The second kappa shape index (κ2) is 44.3. The molecule has 1 aliphatic heterocycles. The molecule has 0 bridgehead atoms. The Morgan fingerprint density at radius 1 is 0.476 bits per heavy atom. The molecule has 0 saturated carbocycles. The normalized spacial score (nSPS) is 19.5. The first-order valence-electron chi connectivity index (χ1n) is 26.8. The van der Waals surface area contributed by atoms with Crippen LogP contribution in [0.15, 0.2) is 12.2 Å². The fourth-order valence-corrected chi connectivity index (χ4v) is 8.42. The van der Waals surface area contributed by atoms with Gasteiger partial charge in [-0.25, -0.2) is 0 Å². The third-order valence-electron chi connectivity index (χ3n) is 12.7. The van der Waals surface area contributed by atoms with Crippen LogP contribution in [0.4, 0.5) is 0 Å². The topological polar surface area (TPSA) is 152 Å². The van der Waals surface area contributed by atoms with E-state index in [9.17, 15) is 30.0 Å². The molecule has 10 nitrogen and oxygen atoms in total. The number of hydrogen-bond donors (Lipinski definition) is 4. The van der Waals surface area contributed by atoms with Crippen LogP contribution in [0.25, 0.3) is 0 Å². The molecular formula is C53H100O10. The van der Waals surface area contributed by atoms with E-state index in [0.717, 1.165) is 38.5 Å². The second-order valence-corrected chi connectivity index (χ2v) is 18.7. The van der Waals surface area contributed by atoms with Crippen molar-refractivity contribution >= 4 is 11.9 Å². The summed E-state index contributed by atoms with van der Waals surface area (Å²) in [7, 11) is 0. The molecule has 1 rings (SSSR count). The lowest BCUT2D eigenvalue weighted by Gasteiger charge is -2.39. The first-order valence-corrected chi connectivity index (χ1v) is 26.8. The zero-order valence-corrected chi connectivity index (χ0v) is 40.8. The van der Waals surface area contributed by atoms with Gasteiger partial charge in [0, 0.05) is 12.8 Å². The van der Waals surface area contributed by atoms with E-state index in [2.05, 4.69) is 26.0 Å². The van der Waals surface area contributed by atoms with Crippen LogP contribution >= 0.6 is 0 Å². The SMILES string of the molecule is CCCCCCCC/C=C/CCCCCCCCCCCCCC(=O)O[C@H](COC(=O)CCCCCCCCCCCCCCCCCCC)CO[C@@H]1O[C@H](CO)[C@H](O)C(O)C1O. The molecule has 4 N–H and O–H groups in total. The molecule has 0 aromatic carbocycles. The number of allylic oxidation sites excluding steroid dienone is 2. The van der Waals surface area contributed by atoms with Crippen LogP contribution in [-0.4, -0.2) is 89.0 Å². The summed E-state index contributed by atoms with van der Waals surface area (Å²) in [5.74, 6) is -0.790. The smallest absolute Gasteiger partial charge is 0.306 e. The van der Waals surface area contributed by atoms with Gasteiger partial charge in [-0.1, -0.05) is 219 Å². The summed E-state index contributed by atoms with van der Waals surface area (Å²) in [6.07, 6.45) is 42.2. The zero-order chi connectivity index (χ0) is 45.9. The van der Waals surface area contributed by atoms with Gasteiger partial charge in [0.1, 0.15) is 31.0 Å². The number of carbonyl (C=O) groups excluding carboxylic acids is 2. The van der Waals surface area contributed by atoms with Gasteiger partial charge < -0.3 is 39.4 Å². The average Bonchev–Trinajstić information content (AvgIpc) is 3.28. The van der Waals surface area contributed by atoms with Crippen molar-refractivity contribution in [2.75, 3.05) is 19.8 Å². The van der Waals surface area contributed by atoms with Crippen LogP contribution < -0.4 is 0 Å². The Morgan fingerprint density at radius 2 is 0.841 bits per heavy atom. The van der Waals surface area contributed by atoms with Crippen molar-refractivity contribution < 1.29 is 49.0 Å². The Hall–Kier alpha value is -1.56. The summed E-state index contributed by atoms with van der Waals surface area (Å²) in [5.41, 5.74) is 0. The van der Waals surface area contributed by atoms with Crippen molar-refractivity contribution in [1.82, 2.24) is 0 Å². The zero-order valence-electron chi connectivity index (χ0n) is 40.8. The number of esters is 2. The van der Waals surface area contributed by atoms with Crippen molar-refractivity contribution in [1.29, 1.82) is 0 Å². The number of carbonyl (C=O) groups is 2. The van der Waals surface area contributed by atoms with Crippen molar-refractivity contribution in [2.24, 2.45) is 0 Å². The van der Waals surface area contributed by atoms with Gasteiger partial charge in [-0.2, -0.15) is 0 Å². The van der Waals surface area contributed by atoms with Gasteiger partial charge in [0.25, 0.3) is 0 Å². The quantitative estimate of drug-likeness (QED) is 0.0264. The molecule has 1 aliphatic rings. The van der Waals surface area contributed by atoms with Gasteiger partial charge in [-0.05, 0) is 38.5 Å². The van der Waals surface area contributed by atoms with Gasteiger partial charge in [0.05, 0.1) is 13.2 Å². The largest absolute Gasteiger partial charge is 0.462 e. The van der Waals surface area contributed by atoms with Crippen molar-refractivity contribution in [3.63, 3.8) is 0 Å². The lowest BCUT2D eigenvalue weighted by atomic mass is 9.99. The van der Waals surface area contributed by atoms with E-state index in [1.807, 2.05) is 0 Å². The maximum Gasteiger partial charge on any atom is 0.306 e. The molecule has 372 valence electrons. The highest BCUT2D eigenvalue weighted by molar-refractivity contribution is 5.70. The molecule has 2 unspecified atom stereocenters. The van der Waals surface area contributed by atoms with Gasteiger partial charge in [0.15, 0.2) is 12.4 Å². The number of aliphatic hydroxyl groups excluding tert-OH is 4. The first-order chi connectivity index (χ1) is 30.8. The third kappa shape index (κ3) is 35.3. The monoisotopic (exact) mass is 897 g/mol. The second-order valence-electron chi connectivity index (χ2n) is 18.7. The van der Waals surface area contributed by atoms with E-state index in [-0.39, 0.29) is 32.0 Å². The molecule has 1 heterocycles. The molecule has 0 spiro atoms. The Kier molecular flexibility index (Phi) is 41.8. The molecule has 1 fully saturated rings. The number of unbranched alkanes of at least 4 members (excludes halogenated alkanes) is 33. The van der Waals surface area contributed by atoms with Crippen LogP contribution in [0.1, 0.15) is 258 Å². The first kappa shape index (κ1) is 59.5. The Balaban J connectivity index is 2.23. The van der Waals surface area contributed by atoms with E-state index in [1.165, 1.54) is 186 Å². The Morgan fingerprint density at radius 3 is 1.24 bits per heavy atom. The summed E-state index contributed by atoms with van der Waals surface area (Å²) in [5, 5.41) is 40.2. The highest BCUT2D eigenvalue weighted by Crippen LogP contribution is 2.23. The highest BCUT2D eigenvalue weighted by Gasteiger charge is 2.44. The standard InChI is InChI=1S/C53H100O10/c1-3-5-7-9-11-13-15-17-19-21-22-23-24-26-28-30-32-34-36-38-40-42-49(56)62-46(45-61-53-52(59)51(58)50(57)47(43-54)63-53)44-60-48(55)41-39-37-35-33-31-29-27-25-20-18-16-14-12-10-8-6-4-2/h17,19,46-47,50-54,57-59H,3-16,18,20-45H2,1-2H3/b19-17+/t46-,47-,50+,51?,52?,53-/m1/s1. The summed E-state index contributed by atoms with van der Waals surface area (Å²) >= 11 is 0. The molecule has 6 atom stereocenters. The maximum atomic E-state index is 12.8. The molecule has 0 amide bonds. The number of ether oxygens (including phenoxy) is 4. The van der Waals surface area contributed by atoms with E-state index in [0.29, 0.717) is 6.42 Å². The van der Waals surface area contributed by atoms with Crippen LogP contribution in [0.5, 0.6) is 0 Å². The van der Waals surface area contributed by atoms with E-state index < -0.39 is 49.4 Å². The molecule has 63 heavy (non-hydrogen) atoms. The number of hydrogen-bond acceptors (Lipinski definition) is 10. The van der Waals surface area contributed by atoms with Crippen molar-refractivity contribution in [3.05, 3.63) is 12.2 Å². The summed E-state index contributed by atoms with van der Waals surface area (Å²) in [6, 6.07) is 0. The summed E-state index contributed by atoms with van der Waals surface area (Å²) in [6.45, 7) is 3.47. The van der Waals surface area contributed by atoms with E-state index >= 15 is 0 Å². The molecule has 0 aromatic rings. The van der Waals surface area contributed by atoms with Crippen LogP contribution in [-0.2, 0) is 28.5 Å². The maximum absolute atomic E-state index is 12.8. The molecule has 0 aromatic heterocycles. The predicted octanol–water partition coefficient (Wildman–Crippen LogP) is 12.7. The molecular weight excluding hydrogens is 797 g/mol. The van der Waals surface area contributed by atoms with Gasteiger partial charge in [0.2, 0.25) is 0 Å². The van der Waals surface area contributed by atoms with Crippen molar-refractivity contribution in [3.8, 4) is 0 Å². The third-order valence-corrected chi connectivity index (χ3v) is 12.7. The average molecular weight is 897 g/mol. The number of rotatable bonds is 46. The van der Waals surface area contributed by atoms with Crippen LogP contribution in [0.3, 0.4) is 0 Å². The molecule has 10 heteroatoms. The fraction of sp³-hybridized carbons (Fsp3) is 0.925. The van der Waals surface area contributed by atoms with Crippen LogP contribution in [0, 0.1) is 0 Å². The summed E-state index contributed by atoms with van der Waals surface area (Å²) < 4.78 is 22.3. The van der Waals surface area contributed by atoms with E-state index in [4.69, 9.17) is 18.9 Å². The molecule has 0 radical (unpaired) electrons. The highest BCUT2D eigenvalue weighted by atomic mass is 16.7. The lowest BCUT2D eigenvalue weighted by Crippen LogP contribution is -2.59. The predicted molar refractivity (Wildman–Crippen MR) is 256 cm³/mol. The minimum absolute atomic E-state index is 0.211. The van der Waals surface area contributed by atoms with E-state index in [1.54, 1.807) is 0 Å². The Bertz CT molecular complexity index is 1040. The molecule has 1 saturated heterocycles.